The number of aryl methyl sites for hydroxylation is 1. The van der Waals surface area contributed by atoms with Crippen molar-refractivity contribution >= 4 is 11.6 Å². The van der Waals surface area contributed by atoms with Gasteiger partial charge in [0.1, 0.15) is 0 Å². The van der Waals surface area contributed by atoms with Crippen molar-refractivity contribution in [3.05, 3.63) is 71.6 Å². The van der Waals surface area contributed by atoms with E-state index < -0.39 is 0 Å². The summed E-state index contributed by atoms with van der Waals surface area (Å²) in [6.45, 7) is 4.34. The number of rotatable bonds is 6. The van der Waals surface area contributed by atoms with E-state index in [9.17, 15) is 4.79 Å². The molecule has 7 nitrogen and oxygen atoms in total. The van der Waals surface area contributed by atoms with Crippen LogP contribution < -0.4 is 10.6 Å². The first-order chi connectivity index (χ1) is 12.1. The Bertz CT molecular complexity index is 830. The second-order valence-electron chi connectivity index (χ2n) is 5.65. The standard InChI is InChI=1S/C18H19N5O2/c1-12(20-11-17-21-13(2)23-25-17)14-3-5-16(6-4-14)22-18(24)15-7-9-19-10-8-15/h3-10,12,20H,11H2,1-2H3,(H,22,24)/t12-/m1/s1. The van der Waals surface area contributed by atoms with Gasteiger partial charge in [0.15, 0.2) is 5.82 Å². The smallest absolute Gasteiger partial charge is 0.255 e. The van der Waals surface area contributed by atoms with E-state index in [2.05, 4.69) is 25.8 Å². The summed E-state index contributed by atoms with van der Waals surface area (Å²) in [5.74, 6) is 1.03. The van der Waals surface area contributed by atoms with Gasteiger partial charge in [0.25, 0.3) is 5.91 Å². The van der Waals surface area contributed by atoms with Gasteiger partial charge in [0.2, 0.25) is 5.89 Å². The molecule has 0 aliphatic carbocycles. The van der Waals surface area contributed by atoms with Crippen LogP contribution in [0.5, 0.6) is 0 Å². The minimum atomic E-state index is -0.159. The Morgan fingerprint density at radius 1 is 1.16 bits per heavy atom. The molecule has 2 N–H and O–H groups in total. The summed E-state index contributed by atoms with van der Waals surface area (Å²) in [7, 11) is 0. The average Bonchev–Trinajstić information content (AvgIpc) is 3.06. The highest BCUT2D eigenvalue weighted by Crippen LogP contribution is 2.17. The van der Waals surface area contributed by atoms with Gasteiger partial charge >= 0.3 is 0 Å². The normalized spacial score (nSPS) is 11.9. The largest absolute Gasteiger partial charge is 0.338 e. The SMILES string of the molecule is Cc1noc(CN[C@H](C)c2ccc(NC(=O)c3ccncc3)cc2)n1. The van der Waals surface area contributed by atoms with E-state index in [-0.39, 0.29) is 11.9 Å². The summed E-state index contributed by atoms with van der Waals surface area (Å²) in [5, 5.41) is 9.95. The number of benzene rings is 1. The molecule has 1 atom stereocenters. The minimum Gasteiger partial charge on any atom is -0.338 e. The van der Waals surface area contributed by atoms with Crippen molar-refractivity contribution in [2.24, 2.45) is 0 Å². The topological polar surface area (TPSA) is 92.9 Å². The molecule has 3 rings (SSSR count). The summed E-state index contributed by atoms with van der Waals surface area (Å²) in [6, 6.07) is 11.2. The summed E-state index contributed by atoms with van der Waals surface area (Å²) in [5.41, 5.74) is 2.41. The maximum Gasteiger partial charge on any atom is 0.255 e. The monoisotopic (exact) mass is 337 g/mol. The van der Waals surface area contributed by atoms with Crippen LogP contribution in [-0.2, 0) is 6.54 Å². The van der Waals surface area contributed by atoms with Gasteiger partial charge in [-0.05, 0) is 43.7 Å². The highest BCUT2D eigenvalue weighted by Gasteiger charge is 2.09. The van der Waals surface area contributed by atoms with Crippen LogP contribution in [0.2, 0.25) is 0 Å². The van der Waals surface area contributed by atoms with Crippen molar-refractivity contribution in [1.29, 1.82) is 0 Å². The van der Waals surface area contributed by atoms with Crippen LogP contribution in [0.3, 0.4) is 0 Å². The Balaban J connectivity index is 1.57. The quantitative estimate of drug-likeness (QED) is 0.718. The number of nitrogens with zero attached hydrogens (tertiary/aromatic N) is 3. The third kappa shape index (κ3) is 4.48. The van der Waals surface area contributed by atoms with E-state index in [1.165, 1.54) is 0 Å². The van der Waals surface area contributed by atoms with Gasteiger partial charge < -0.3 is 15.2 Å². The van der Waals surface area contributed by atoms with Gasteiger partial charge in [-0.15, -0.1) is 0 Å². The first kappa shape index (κ1) is 16.8. The van der Waals surface area contributed by atoms with Crippen molar-refractivity contribution in [3.8, 4) is 0 Å². The predicted octanol–water partition coefficient (Wildman–Crippen LogP) is 2.88. The number of aromatic nitrogens is 3. The summed E-state index contributed by atoms with van der Waals surface area (Å²) in [4.78, 5) is 20.2. The molecule has 3 aromatic rings. The molecular weight excluding hydrogens is 318 g/mol. The highest BCUT2D eigenvalue weighted by molar-refractivity contribution is 6.04. The maximum absolute atomic E-state index is 12.1. The molecule has 1 aromatic carbocycles. The summed E-state index contributed by atoms with van der Waals surface area (Å²) < 4.78 is 5.08. The Kier molecular flexibility index (Phi) is 5.15. The molecule has 0 spiro atoms. The van der Waals surface area contributed by atoms with E-state index in [1.807, 2.05) is 31.2 Å². The van der Waals surface area contributed by atoms with Gasteiger partial charge in [-0.3, -0.25) is 9.78 Å². The molecule has 0 saturated carbocycles. The molecule has 0 radical (unpaired) electrons. The van der Waals surface area contributed by atoms with Crippen LogP contribution in [0.1, 0.15) is 40.6 Å². The number of carbonyl (C=O) groups is 1. The van der Waals surface area contributed by atoms with Crippen molar-refractivity contribution in [1.82, 2.24) is 20.4 Å². The molecule has 2 heterocycles. The van der Waals surface area contributed by atoms with E-state index in [4.69, 9.17) is 4.52 Å². The van der Waals surface area contributed by atoms with Crippen LogP contribution in [-0.4, -0.2) is 21.0 Å². The van der Waals surface area contributed by atoms with Crippen molar-refractivity contribution in [3.63, 3.8) is 0 Å². The van der Waals surface area contributed by atoms with Crippen LogP contribution in [0.25, 0.3) is 0 Å². The molecule has 2 aromatic heterocycles. The Hall–Kier alpha value is -3.06. The fourth-order valence-electron chi connectivity index (χ4n) is 2.33. The van der Waals surface area contributed by atoms with Crippen LogP contribution in [0, 0.1) is 6.92 Å². The van der Waals surface area contributed by atoms with Gasteiger partial charge in [-0.2, -0.15) is 4.98 Å². The lowest BCUT2D eigenvalue weighted by molar-refractivity contribution is 0.102. The lowest BCUT2D eigenvalue weighted by Crippen LogP contribution is -2.18. The first-order valence-electron chi connectivity index (χ1n) is 7.96. The Labute approximate surface area is 145 Å². The van der Waals surface area contributed by atoms with Gasteiger partial charge in [0, 0.05) is 29.7 Å². The van der Waals surface area contributed by atoms with Crippen LogP contribution in [0.15, 0.2) is 53.3 Å². The first-order valence-corrected chi connectivity index (χ1v) is 7.96. The second kappa shape index (κ2) is 7.67. The maximum atomic E-state index is 12.1. The lowest BCUT2D eigenvalue weighted by atomic mass is 10.1. The number of anilines is 1. The van der Waals surface area contributed by atoms with Crippen molar-refractivity contribution < 1.29 is 9.32 Å². The molecule has 0 aliphatic heterocycles. The number of pyridine rings is 1. The summed E-state index contributed by atoms with van der Waals surface area (Å²) in [6.07, 6.45) is 3.19. The van der Waals surface area contributed by atoms with Crippen molar-refractivity contribution in [2.45, 2.75) is 26.4 Å². The molecule has 7 heteroatoms. The molecule has 0 fully saturated rings. The number of carbonyl (C=O) groups excluding carboxylic acids is 1. The second-order valence-corrected chi connectivity index (χ2v) is 5.65. The third-order valence-corrected chi connectivity index (χ3v) is 3.74. The van der Waals surface area contributed by atoms with E-state index in [0.717, 1.165) is 11.3 Å². The zero-order chi connectivity index (χ0) is 17.6. The third-order valence-electron chi connectivity index (χ3n) is 3.74. The minimum absolute atomic E-state index is 0.108. The molecule has 0 bridgehead atoms. The van der Waals surface area contributed by atoms with Gasteiger partial charge in [-0.25, -0.2) is 0 Å². The Morgan fingerprint density at radius 3 is 2.52 bits per heavy atom. The van der Waals surface area contributed by atoms with Gasteiger partial charge in [-0.1, -0.05) is 17.3 Å². The number of nitrogens with one attached hydrogen (secondary N) is 2. The number of amides is 1. The zero-order valence-electron chi connectivity index (χ0n) is 14.1. The number of hydrogen-bond donors (Lipinski definition) is 2. The fraction of sp³-hybridized carbons (Fsp3) is 0.222. The van der Waals surface area contributed by atoms with E-state index >= 15 is 0 Å². The van der Waals surface area contributed by atoms with E-state index in [1.54, 1.807) is 31.5 Å². The van der Waals surface area contributed by atoms with E-state index in [0.29, 0.717) is 23.8 Å². The molecule has 128 valence electrons. The van der Waals surface area contributed by atoms with Crippen LogP contribution in [0.4, 0.5) is 5.69 Å². The highest BCUT2D eigenvalue weighted by atomic mass is 16.5. The molecule has 0 aliphatic rings. The number of hydrogen-bond acceptors (Lipinski definition) is 6. The molecule has 1 amide bonds. The average molecular weight is 337 g/mol. The van der Waals surface area contributed by atoms with Crippen molar-refractivity contribution in [2.75, 3.05) is 5.32 Å². The molecular formula is C18H19N5O2. The molecule has 0 saturated heterocycles. The Morgan fingerprint density at radius 2 is 1.88 bits per heavy atom. The zero-order valence-corrected chi connectivity index (χ0v) is 14.1. The fourth-order valence-corrected chi connectivity index (χ4v) is 2.33. The molecule has 0 unspecified atom stereocenters. The van der Waals surface area contributed by atoms with Gasteiger partial charge in [0.05, 0.1) is 6.54 Å². The predicted molar refractivity (Wildman–Crippen MR) is 92.9 cm³/mol. The van der Waals surface area contributed by atoms with Crippen LogP contribution >= 0.6 is 0 Å². The summed E-state index contributed by atoms with van der Waals surface area (Å²) >= 11 is 0. The molecule has 25 heavy (non-hydrogen) atoms. The lowest BCUT2D eigenvalue weighted by Gasteiger charge is -2.13.